The topological polar surface area (TPSA) is 223 Å². The largest absolute Gasteiger partial charge is 0.493 e. The molecule has 0 heterocycles. The average molecular weight is 1420 g/mol. The number of benzene rings is 4. The summed E-state index contributed by atoms with van der Waals surface area (Å²) in [5, 5.41) is 0. The van der Waals surface area contributed by atoms with E-state index in [0.29, 0.717) is 45.3 Å². The maximum Gasteiger partial charge on any atom is 0.365 e. The minimum absolute atomic E-state index is 0.0269. The van der Waals surface area contributed by atoms with Crippen LogP contribution in [0.15, 0.2) is 48.5 Å². The first-order chi connectivity index (χ1) is 43.7. The van der Waals surface area contributed by atoms with Gasteiger partial charge in [-0.2, -0.15) is 0 Å². The first-order valence-electron chi connectivity index (χ1n) is 34.8. The van der Waals surface area contributed by atoms with Crippen LogP contribution in [0.5, 0.6) is 23.0 Å². The quantitative estimate of drug-likeness (QED) is 0.0232. The Hall–Kier alpha value is -3.32. The molecule has 0 radical (unpaired) electrons. The minimum atomic E-state index is -4.37. The third-order valence-electron chi connectivity index (χ3n) is 17.2. The Morgan fingerprint density at radius 3 is 0.688 bits per heavy atom. The van der Waals surface area contributed by atoms with E-state index >= 15 is 0 Å². The van der Waals surface area contributed by atoms with E-state index in [2.05, 4.69) is 187 Å². The number of rotatable bonds is 32. The molecule has 0 fully saturated rings. The summed E-state index contributed by atoms with van der Waals surface area (Å²) in [6.45, 7) is 51.5. The molecular formula is C76H124O16P4. The highest BCUT2D eigenvalue weighted by molar-refractivity contribution is 7.53. The second kappa shape index (κ2) is 32.3. The first kappa shape index (κ1) is 83.3. The molecule has 16 nitrogen and oxygen atoms in total. The molecule has 4 unspecified atom stereocenters. The van der Waals surface area contributed by atoms with Crippen LogP contribution in [0, 0.1) is 21.7 Å². The zero-order valence-corrected chi connectivity index (χ0v) is 66.8. The van der Waals surface area contributed by atoms with Gasteiger partial charge in [0.1, 0.15) is 23.0 Å². The number of fused-ring (bicyclic) bond motifs is 8. The van der Waals surface area contributed by atoms with Gasteiger partial charge in [0.2, 0.25) is 0 Å². The fraction of sp³-hybridized carbons (Fsp3) is 0.684. The molecule has 4 atom stereocenters. The van der Waals surface area contributed by atoms with Crippen LogP contribution < -0.4 is 18.9 Å². The van der Waals surface area contributed by atoms with E-state index in [1.165, 1.54) is 0 Å². The molecule has 0 aliphatic heterocycles. The van der Waals surface area contributed by atoms with E-state index in [4.69, 9.17) is 37.0 Å². The van der Waals surface area contributed by atoms with Crippen molar-refractivity contribution in [3.05, 3.63) is 115 Å². The SMILES string of the molecule is CCOP(=O)(O)CCCOc1c2cc(C(C)(C)CC(C)(C)C)cc1Cc1cc(C(C)(C)CC(C)(C)C)cc(c1OCP(=O)(O)OCC)Cc1cc(C(C)(C)CC(C)(C)C)cc(c1OCCCP(=O)(O)OCC)Cc1cc(C(C)(C)CC(C)(C)C)cc(c1OCP(=O)(O)OCC)C2. The number of hydrogen-bond acceptors (Lipinski definition) is 12. The van der Waals surface area contributed by atoms with Gasteiger partial charge in [-0.1, -0.05) is 187 Å². The molecular weight excluding hydrogens is 1290 g/mol. The molecule has 4 N–H and O–H groups in total. The lowest BCUT2D eigenvalue weighted by molar-refractivity contribution is 0.239. The van der Waals surface area contributed by atoms with Gasteiger partial charge >= 0.3 is 30.4 Å². The highest BCUT2D eigenvalue weighted by Crippen LogP contribution is 2.52. The Labute approximate surface area is 579 Å². The van der Waals surface area contributed by atoms with Crippen LogP contribution in [0.4, 0.5) is 0 Å². The van der Waals surface area contributed by atoms with Gasteiger partial charge in [-0.15, -0.1) is 0 Å². The van der Waals surface area contributed by atoms with Crippen molar-refractivity contribution in [2.45, 2.75) is 252 Å². The van der Waals surface area contributed by atoms with Crippen molar-refractivity contribution in [1.29, 1.82) is 0 Å². The molecule has 0 aromatic heterocycles. The van der Waals surface area contributed by atoms with Crippen LogP contribution in [0.25, 0.3) is 0 Å². The van der Waals surface area contributed by atoms with E-state index < -0.39 is 64.7 Å². The fourth-order valence-electron chi connectivity index (χ4n) is 15.1. The van der Waals surface area contributed by atoms with Crippen molar-refractivity contribution in [2.75, 3.05) is 64.7 Å². The monoisotopic (exact) mass is 1420 g/mol. The molecule has 8 bridgehead atoms. The molecule has 5 rings (SSSR count). The third-order valence-corrected chi connectivity index (χ3v) is 22.6. The number of hydrogen-bond donors (Lipinski definition) is 4. The molecule has 0 saturated heterocycles. The molecule has 1 aliphatic carbocycles. The third kappa shape index (κ3) is 25.6. The van der Waals surface area contributed by atoms with Crippen LogP contribution >= 0.6 is 30.4 Å². The average Bonchev–Trinajstić information content (AvgIpc) is 0.764. The molecule has 4 aromatic carbocycles. The molecule has 544 valence electrons. The summed E-state index contributed by atoms with van der Waals surface area (Å²) in [5.74, 6) is 1.81. The summed E-state index contributed by atoms with van der Waals surface area (Å²) in [7, 11) is -16.7. The van der Waals surface area contributed by atoms with Gasteiger partial charge in [-0.25, -0.2) is 0 Å². The maximum absolute atomic E-state index is 14.1. The molecule has 1 aliphatic rings. The second-order valence-electron chi connectivity index (χ2n) is 34.3. The lowest BCUT2D eigenvalue weighted by Gasteiger charge is -2.36. The summed E-state index contributed by atoms with van der Waals surface area (Å²) >= 11 is 0. The lowest BCUT2D eigenvalue weighted by Crippen LogP contribution is -2.26. The summed E-state index contributed by atoms with van der Waals surface area (Å²) in [4.78, 5) is 44.9. The van der Waals surface area contributed by atoms with Crippen molar-refractivity contribution in [3.63, 3.8) is 0 Å². The standard InChI is InChI=1S/C76H124O16P4/c1-25-89-93(77,78)33-29-31-85-65-53-35-57-43-63(75(21,22)49-71(11,12)13)45-59(67(57)87-51-95(81,82)91-27-3)37-55-41-62(74(19,20)48-70(8,9)10)42-56(66(55)86-32-30-34-94(79,80)90-26-2)38-60-46-64(76(23,24)50-72(14,15)16)44-58(68(60)88-52-96(83,84)92-28-4)36-54(65)40-61(39-53)73(17,18)47-69(5,6)7/h39-46H,25-38,47-52H2,1-24H3,(H,77,78)(H,79,80)(H,81,82)(H,83,84). The second-order valence-corrected chi connectivity index (χ2v) is 41.8. The Kier molecular flexibility index (Phi) is 28.1. The van der Waals surface area contributed by atoms with Gasteiger partial charge in [0.25, 0.3) is 0 Å². The highest BCUT2D eigenvalue weighted by atomic mass is 31.2. The van der Waals surface area contributed by atoms with Crippen LogP contribution in [0.3, 0.4) is 0 Å². The van der Waals surface area contributed by atoms with Gasteiger partial charge in [-0.05, 0) is 176 Å². The fourth-order valence-corrected chi connectivity index (χ4v) is 18.7. The Bertz CT molecular complexity index is 3160. The summed E-state index contributed by atoms with van der Waals surface area (Å²) in [6.07, 6.45) is 2.52. The van der Waals surface area contributed by atoms with Crippen molar-refractivity contribution in [2.24, 2.45) is 21.7 Å². The predicted octanol–water partition coefficient (Wildman–Crippen LogP) is 20.3. The van der Waals surface area contributed by atoms with Gasteiger partial charge < -0.3 is 56.6 Å². The van der Waals surface area contributed by atoms with E-state index in [-0.39, 0.29) is 112 Å². The Morgan fingerprint density at radius 2 is 0.500 bits per heavy atom. The zero-order valence-electron chi connectivity index (χ0n) is 63.2. The van der Waals surface area contributed by atoms with Crippen LogP contribution in [-0.4, -0.2) is 84.2 Å². The highest BCUT2D eigenvalue weighted by Gasteiger charge is 2.37. The zero-order chi connectivity index (χ0) is 72.7. The van der Waals surface area contributed by atoms with Gasteiger partial charge in [-0.3, -0.25) is 18.3 Å². The summed E-state index contributed by atoms with van der Waals surface area (Å²) < 4.78 is 105. The van der Waals surface area contributed by atoms with Crippen molar-refractivity contribution < 1.29 is 74.9 Å². The van der Waals surface area contributed by atoms with Gasteiger partial charge in [0.15, 0.2) is 12.7 Å². The predicted molar refractivity (Wildman–Crippen MR) is 392 cm³/mol. The molecule has 96 heavy (non-hydrogen) atoms. The smallest absolute Gasteiger partial charge is 0.365 e. The van der Waals surface area contributed by atoms with Crippen molar-refractivity contribution in [3.8, 4) is 23.0 Å². The van der Waals surface area contributed by atoms with E-state index in [0.717, 1.165) is 70.2 Å². The Balaban J connectivity index is 2.20. The van der Waals surface area contributed by atoms with Gasteiger partial charge in [0, 0.05) is 25.7 Å². The van der Waals surface area contributed by atoms with Crippen LogP contribution in [-0.2, 0) is 83.7 Å². The molecule has 0 saturated carbocycles. The molecule has 0 spiro atoms. The minimum Gasteiger partial charge on any atom is -0.493 e. The molecule has 20 heteroatoms. The molecule has 0 amide bonds. The van der Waals surface area contributed by atoms with Crippen LogP contribution in [0.2, 0.25) is 0 Å². The summed E-state index contributed by atoms with van der Waals surface area (Å²) in [5.41, 5.74) is 7.58. The van der Waals surface area contributed by atoms with E-state index in [1.54, 1.807) is 27.7 Å². The van der Waals surface area contributed by atoms with E-state index in [1.807, 2.05) is 0 Å². The normalized spacial score (nSPS) is 16.5. The first-order valence-corrected chi connectivity index (χ1v) is 41.8. The van der Waals surface area contributed by atoms with Gasteiger partial charge in [0.05, 0.1) is 52.0 Å². The Morgan fingerprint density at radius 1 is 0.312 bits per heavy atom. The lowest BCUT2D eigenvalue weighted by atomic mass is 9.70. The van der Waals surface area contributed by atoms with Crippen molar-refractivity contribution >= 4 is 30.4 Å². The summed E-state index contributed by atoms with van der Waals surface area (Å²) in [6, 6.07) is 17.5. The molecule has 4 aromatic rings. The number of ether oxygens (including phenoxy) is 4. The maximum atomic E-state index is 14.1. The van der Waals surface area contributed by atoms with Crippen LogP contribution in [0.1, 0.15) is 271 Å². The van der Waals surface area contributed by atoms with Crippen molar-refractivity contribution in [1.82, 2.24) is 0 Å². The van der Waals surface area contributed by atoms with E-state index in [9.17, 15) is 37.8 Å².